The summed E-state index contributed by atoms with van der Waals surface area (Å²) in [7, 11) is 0. The lowest BCUT2D eigenvalue weighted by Crippen LogP contribution is -2.10. The predicted octanol–water partition coefficient (Wildman–Crippen LogP) is 1.21. The number of carbonyl (C=O) groups excluding carboxylic acids is 1. The number of rotatable bonds is 1. The molecule has 16 heavy (non-hydrogen) atoms. The van der Waals surface area contributed by atoms with Crippen LogP contribution in [-0.2, 0) is 0 Å². The second kappa shape index (κ2) is 3.03. The fourth-order valence-electron chi connectivity index (χ4n) is 1.78. The first kappa shape index (κ1) is 8.84. The van der Waals surface area contributed by atoms with E-state index in [-0.39, 0.29) is 0 Å². The number of fused-ring (bicyclic) bond motifs is 3. The molecule has 78 valence electrons. The summed E-state index contributed by atoms with van der Waals surface area (Å²) in [6.07, 6.45) is 1.65. The number of aromatic amines is 1. The van der Waals surface area contributed by atoms with E-state index in [0.29, 0.717) is 5.69 Å². The highest BCUT2D eigenvalue weighted by Crippen LogP contribution is 2.23. The van der Waals surface area contributed by atoms with Gasteiger partial charge in [0, 0.05) is 17.0 Å². The Kier molecular flexibility index (Phi) is 1.67. The molecular formula is C11H8N4O. The number of benzene rings is 1. The van der Waals surface area contributed by atoms with Crippen LogP contribution in [0.25, 0.3) is 21.8 Å². The van der Waals surface area contributed by atoms with E-state index in [1.54, 1.807) is 12.3 Å². The largest absolute Gasteiger partial charge is 0.364 e. The number of carbonyl (C=O) groups is 1. The first-order valence-corrected chi connectivity index (χ1v) is 4.78. The van der Waals surface area contributed by atoms with Crippen molar-refractivity contribution in [3.05, 3.63) is 36.2 Å². The minimum absolute atomic E-state index is 0.291. The van der Waals surface area contributed by atoms with Gasteiger partial charge in [-0.15, -0.1) is 0 Å². The Hall–Kier alpha value is -2.43. The fourth-order valence-corrected chi connectivity index (χ4v) is 1.78. The Morgan fingerprint density at radius 3 is 3.00 bits per heavy atom. The van der Waals surface area contributed by atoms with Gasteiger partial charge in [-0.2, -0.15) is 5.10 Å². The molecule has 0 fully saturated rings. The number of hydrogen-bond acceptors (Lipinski definition) is 3. The number of nitrogens with two attached hydrogens (primary N) is 1. The Labute approximate surface area is 90.3 Å². The van der Waals surface area contributed by atoms with E-state index < -0.39 is 5.91 Å². The third kappa shape index (κ3) is 1.15. The summed E-state index contributed by atoms with van der Waals surface area (Å²) in [6, 6.07) is 7.33. The zero-order valence-electron chi connectivity index (χ0n) is 8.27. The normalized spacial score (nSPS) is 11.0. The standard InChI is InChI=1S/C11H8N4O/c12-11(16)9-5-6-1-2-8-7(10(6)14-9)3-4-13-15-8/h1-5,15H,(H2,12,16). The number of nitrogens with one attached hydrogen (secondary N) is 1. The summed E-state index contributed by atoms with van der Waals surface area (Å²) < 4.78 is 0. The molecule has 2 heterocycles. The van der Waals surface area contributed by atoms with Crippen LogP contribution < -0.4 is 5.73 Å². The molecule has 1 aromatic carbocycles. The van der Waals surface area contributed by atoms with Crippen molar-refractivity contribution in [1.29, 1.82) is 0 Å². The van der Waals surface area contributed by atoms with Gasteiger partial charge in [-0.05, 0) is 18.2 Å². The van der Waals surface area contributed by atoms with Gasteiger partial charge in [-0.3, -0.25) is 9.89 Å². The lowest BCUT2D eigenvalue weighted by Gasteiger charge is -1.96. The average molecular weight is 212 g/mol. The molecule has 0 aliphatic rings. The minimum atomic E-state index is -0.512. The van der Waals surface area contributed by atoms with E-state index >= 15 is 0 Å². The van der Waals surface area contributed by atoms with Gasteiger partial charge >= 0.3 is 0 Å². The molecular weight excluding hydrogens is 204 g/mol. The fraction of sp³-hybridized carbons (Fsp3) is 0. The van der Waals surface area contributed by atoms with E-state index in [4.69, 9.17) is 5.73 Å². The molecule has 0 spiro atoms. The number of primary amides is 1. The molecule has 0 aliphatic heterocycles. The summed E-state index contributed by atoms with van der Waals surface area (Å²) in [4.78, 5) is 15.3. The highest BCUT2D eigenvalue weighted by atomic mass is 16.1. The van der Waals surface area contributed by atoms with E-state index in [9.17, 15) is 4.79 Å². The van der Waals surface area contributed by atoms with Crippen molar-refractivity contribution in [3.63, 3.8) is 0 Å². The highest BCUT2D eigenvalue weighted by Gasteiger charge is 2.09. The summed E-state index contributed by atoms with van der Waals surface area (Å²) in [5.74, 6) is -0.512. The smallest absolute Gasteiger partial charge is 0.267 e. The monoisotopic (exact) mass is 212 g/mol. The van der Waals surface area contributed by atoms with Crippen molar-refractivity contribution < 1.29 is 4.79 Å². The second-order valence-corrected chi connectivity index (χ2v) is 3.53. The van der Waals surface area contributed by atoms with E-state index in [2.05, 4.69) is 15.2 Å². The van der Waals surface area contributed by atoms with Gasteiger partial charge in [0.2, 0.25) is 0 Å². The van der Waals surface area contributed by atoms with Gasteiger partial charge in [-0.25, -0.2) is 4.98 Å². The Morgan fingerprint density at radius 2 is 2.19 bits per heavy atom. The zero-order chi connectivity index (χ0) is 11.1. The Balaban J connectivity index is 2.46. The molecule has 0 saturated carbocycles. The summed E-state index contributed by atoms with van der Waals surface area (Å²) in [5.41, 5.74) is 7.14. The van der Waals surface area contributed by atoms with E-state index in [0.717, 1.165) is 21.8 Å². The zero-order valence-corrected chi connectivity index (χ0v) is 8.27. The lowest BCUT2D eigenvalue weighted by molar-refractivity contribution is 0.0996. The second-order valence-electron chi connectivity index (χ2n) is 3.53. The molecule has 5 heteroatoms. The molecule has 0 bridgehead atoms. The predicted molar refractivity (Wildman–Crippen MR) is 59.9 cm³/mol. The number of amides is 1. The van der Waals surface area contributed by atoms with Crippen LogP contribution in [-0.4, -0.2) is 21.1 Å². The molecule has 0 aliphatic carbocycles. The van der Waals surface area contributed by atoms with Crippen LogP contribution in [0.5, 0.6) is 0 Å². The van der Waals surface area contributed by atoms with Gasteiger partial charge in [0.15, 0.2) is 0 Å². The summed E-state index contributed by atoms with van der Waals surface area (Å²) >= 11 is 0. The first-order valence-electron chi connectivity index (χ1n) is 4.78. The lowest BCUT2D eigenvalue weighted by atomic mass is 10.1. The van der Waals surface area contributed by atoms with Gasteiger partial charge in [0.25, 0.3) is 5.91 Å². The van der Waals surface area contributed by atoms with Crippen molar-refractivity contribution in [2.75, 3.05) is 0 Å². The van der Waals surface area contributed by atoms with Crippen LogP contribution >= 0.6 is 0 Å². The van der Waals surface area contributed by atoms with E-state index in [1.807, 2.05) is 18.2 Å². The van der Waals surface area contributed by atoms with Crippen LogP contribution in [0.15, 0.2) is 30.5 Å². The minimum Gasteiger partial charge on any atom is -0.364 e. The topological polar surface area (TPSA) is 84.7 Å². The van der Waals surface area contributed by atoms with Crippen molar-refractivity contribution in [2.24, 2.45) is 5.73 Å². The van der Waals surface area contributed by atoms with Crippen molar-refractivity contribution in [3.8, 4) is 0 Å². The third-order valence-corrected chi connectivity index (χ3v) is 2.53. The van der Waals surface area contributed by atoms with Crippen molar-refractivity contribution in [2.45, 2.75) is 0 Å². The van der Waals surface area contributed by atoms with Crippen LogP contribution in [0.2, 0.25) is 0 Å². The molecule has 5 nitrogen and oxygen atoms in total. The highest BCUT2D eigenvalue weighted by molar-refractivity contribution is 6.07. The van der Waals surface area contributed by atoms with Crippen molar-refractivity contribution >= 4 is 27.7 Å². The Bertz CT molecular complexity index is 701. The maximum atomic E-state index is 11.0. The number of nitrogens with zero attached hydrogens (tertiary/aromatic N) is 2. The van der Waals surface area contributed by atoms with Crippen LogP contribution in [0.4, 0.5) is 0 Å². The quantitative estimate of drug-likeness (QED) is 0.635. The van der Waals surface area contributed by atoms with E-state index in [1.165, 1.54) is 0 Å². The molecule has 3 aromatic rings. The van der Waals surface area contributed by atoms with Gasteiger partial charge < -0.3 is 5.73 Å². The van der Waals surface area contributed by atoms with Crippen LogP contribution in [0.1, 0.15) is 10.5 Å². The molecule has 3 N–H and O–H groups in total. The number of hydrogen-bond donors (Lipinski definition) is 2. The third-order valence-electron chi connectivity index (χ3n) is 2.53. The maximum Gasteiger partial charge on any atom is 0.267 e. The molecule has 0 atom stereocenters. The molecule has 1 amide bonds. The number of aromatic nitrogens is 3. The average Bonchev–Trinajstić information content (AvgIpc) is 2.73. The SMILES string of the molecule is NC(=O)c1cc2ccc3[nH]nccc3c2n1. The molecule has 0 radical (unpaired) electrons. The first-order chi connectivity index (χ1) is 7.75. The van der Waals surface area contributed by atoms with Crippen LogP contribution in [0.3, 0.4) is 0 Å². The molecule has 3 rings (SSSR count). The number of H-pyrrole nitrogens is 1. The maximum absolute atomic E-state index is 11.0. The van der Waals surface area contributed by atoms with Crippen molar-refractivity contribution in [1.82, 2.24) is 15.2 Å². The summed E-state index contributed by atoms with van der Waals surface area (Å²) in [6.45, 7) is 0. The van der Waals surface area contributed by atoms with Gasteiger partial charge in [-0.1, -0.05) is 6.07 Å². The Morgan fingerprint density at radius 1 is 1.31 bits per heavy atom. The molecule has 2 aromatic heterocycles. The van der Waals surface area contributed by atoms with Gasteiger partial charge in [0.1, 0.15) is 5.69 Å². The van der Waals surface area contributed by atoms with Crippen LogP contribution in [0, 0.1) is 0 Å². The summed E-state index contributed by atoms with van der Waals surface area (Å²) in [5, 5.41) is 8.63. The molecule has 0 unspecified atom stereocenters. The molecule has 0 saturated heterocycles. The van der Waals surface area contributed by atoms with Gasteiger partial charge in [0.05, 0.1) is 11.0 Å².